The van der Waals surface area contributed by atoms with E-state index in [1.165, 1.54) is 6.33 Å². The van der Waals surface area contributed by atoms with E-state index in [-0.39, 0.29) is 6.03 Å². The molecule has 0 aliphatic rings. The van der Waals surface area contributed by atoms with Crippen LogP contribution in [0.5, 0.6) is 0 Å². The molecule has 0 aliphatic carbocycles. The molecule has 5 nitrogen and oxygen atoms in total. The van der Waals surface area contributed by atoms with E-state index in [9.17, 15) is 4.79 Å². The Bertz CT molecular complexity index is 1090. The molecule has 0 bridgehead atoms. The number of nitrogens with zero attached hydrogens (tertiary/aromatic N) is 2. The van der Waals surface area contributed by atoms with Crippen molar-refractivity contribution in [2.24, 2.45) is 0 Å². The van der Waals surface area contributed by atoms with Gasteiger partial charge in [0.1, 0.15) is 6.33 Å². The van der Waals surface area contributed by atoms with Gasteiger partial charge in [-0.05, 0) is 22.4 Å². The van der Waals surface area contributed by atoms with Crippen molar-refractivity contribution in [1.82, 2.24) is 20.6 Å². The maximum absolute atomic E-state index is 12.2. The van der Waals surface area contributed by atoms with Crippen LogP contribution in [0.4, 0.5) is 4.79 Å². The molecule has 4 rings (SSSR count). The number of benzene rings is 3. The van der Waals surface area contributed by atoms with Gasteiger partial charge in [0.15, 0.2) is 0 Å². The minimum absolute atomic E-state index is 0.229. The largest absolute Gasteiger partial charge is 0.334 e. The molecule has 0 saturated carbocycles. The molecule has 1 aromatic heterocycles. The quantitative estimate of drug-likeness (QED) is 0.552. The van der Waals surface area contributed by atoms with Crippen molar-refractivity contribution in [1.29, 1.82) is 0 Å². The Morgan fingerprint density at radius 1 is 0.786 bits per heavy atom. The smallest absolute Gasteiger partial charge is 0.315 e. The van der Waals surface area contributed by atoms with E-state index in [0.29, 0.717) is 13.1 Å². The summed E-state index contributed by atoms with van der Waals surface area (Å²) in [4.78, 5) is 20.8. The lowest BCUT2D eigenvalue weighted by atomic mass is 10.0. The van der Waals surface area contributed by atoms with Crippen molar-refractivity contribution < 1.29 is 4.79 Å². The number of amides is 2. The molecule has 4 aromatic rings. The minimum Gasteiger partial charge on any atom is -0.334 e. The lowest BCUT2D eigenvalue weighted by molar-refractivity contribution is 0.240. The fraction of sp³-hybridized carbons (Fsp3) is 0.0870. The average Bonchev–Trinajstić information content (AvgIpc) is 2.77. The Hall–Kier alpha value is -3.73. The van der Waals surface area contributed by atoms with Gasteiger partial charge in [-0.2, -0.15) is 0 Å². The van der Waals surface area contributed by atoms with Crippen molar-refractivity contribution in [3.63, 3.8) is 0 Å². The number of nitrogens with one attached hydrogen (secondary N) is 2. The normalized spacial score (nSPS) is 10.6. The summed E-state index contributed by atoms with van der Waals surface area (Å²) in [5.74, 6) is 0. The lowest BCUT2D eigenvalue weighted by Gasteiger charge is -2.10. The summed E-state index contributed by atoms with van der Waals surface area (Å²) in [6.45, 7) is 0.802. The summed E-state index contributed by atoms with van der Waals surface area (Å²) in [6, 6.07) is 25.8. The molecule has 5 heteroatoms. The number of fused-ring (bicyclic) bond motifs is 1. The number of carbonyl (C=O) groups is 1. The van der Waals surface area contributed by atoms with Crippen LogP contribution in [0.1, 0.15) is 11.3 Å². The minimum atomic E-state index is -0.229. The lowest BCUT2D eigenvalue weighted by Crippen LogP contribution is -2.34. The summed E-state index contributed by atoms with van der Waals surface area (Å²) in [5.41, 5.74) is 3.70. The average molecular weight is 368 g/mol. The highest BCUT2D eigenvalue weighted by molar-refractivity contribution is 5.86. The zero-order valence-electron chi connectivity index (χ0n) is 15.3. The maximum Gasteiger partial charge on any atom is 0.315 e. The third kappa shape index (κ3) is 4.15. The van der Waals surface area contributed by atoms with E-state index in [0.717, 1.165) is 33.3 Å². The number of aromatic nitrogens is 2. The molecule has 1 heterocycles. The number of hydrogen-bond donors (Lipinski definition) is 2. The van der Waals surface area contributed by atoms with Crippen LogP contribution in [0.25, 0.3) is 22.0 Å². The SMILES string of the molecule is O=C(NCc1cc(-c2ccccc2)ncn1)NCc1cccc2ccccc12. The van der Waals surface area contributed by atoms with E-state index in [2.05, 4.69) is 38.8 Å². The number of hydrogen-bond acceptors (Lipinski definition) is 3. The van der Waals surface area contributed by atoms with Gasteiger partial charge in [-0.3, -0.25) is 0 Å². The maximum atomic E-state index is 12.2. The topological polar surface area (TPSA) is 66.9 Å². The van der Waals surface area contributed by atoms with Crippen LogP contribution in [0, 0.1) is 0 Å². The second kappa shape index (κ2) is 8.31. The zero-order valence-corrected chi connectivity index (χ0v) is 15.3. The second-order valence-electron chi connectivity index (χ2n) is 6.44. The fourth-order valence-corrected chi connectivity index (χ4v) is 3.12. The Labute approximate surface area is 163 Å². The van der Waals surface area contributed by atoms with Crippen molar-refractivity contribution in [2.45, 2.75) is 13.1 Å². The Morgan fingerprint density at radius 2 is 1.54 bits per heavy atom. The standard InChI is InChI=1S/C23H20N4O/c28-23(24-14-19-11-6-10-17-7-4-5-12-21(17)19)25-15-20-13-22(27-16-26-20)18-8-2-1-3-9-18/h1-13,16H,14-15H2,(H2,24,25,28). The van der Waals surface area contributed by atoms with Crippen LogP contribution in [-0.2, 0) is 13.1 Å². The molecule has 2 amide bonds. The van der Waals surface area contributed by atoms with E-state index < -0.39 is 0 Å². The van der Waals surface area contributed by atoms with Crippen molar-refractivity contribution >= 4 is 16.8 Å². The molecular formula is C23H20N4O. The highest BCUT2D eigenvalue weighted by Gasteiger charge is 2.06. The van der Waals surface area contributed by atoms with Gasteiger partial charge >= 0.3 is 6.03 Å². The van der Waals surface area contributed by atoms with E-state index in [4.69, 9.17) is 0 Å². The Balaban J connectivity index is 1.36. The predicted molar refractivity (Wildman–Crippen MR) is 110 cm³/mol. The number of rotatable bonds is 5. The van der Waals surface area contributed by atoms with Crippen molar-refractivity contribution in [3.05, 3.63) is 96.4 Å². The first-order chi connectivity index (χ1) is 13.8. The first-order valence-electron chi connectivity index (χ1n) is 9.14. The molecule has 0 spiro atoms. The monoisotopic (exact) mass is 368 g/mol. The highest BCUT2D eigenvalue weighted by atomic mass is 16.2. The molecule has 0 fully saturated rings. The molecule has 0 saturated heterocycles. The third-order valence-corrected chi connectivity index (χ3v) is 4.54. The third-order valence-electron chi connectivity index (χ3n) is 4.54. The molecule has 28 heavy (non-hydrogen) atoms. The van der Waals surface area contributed by atoms with E-state index in [1.807, 2.05) is 60.7 Å². The second-order valence-corrected chi connectivity index (χ2v) is 6.44. The summed E-state index contributed by atoms with van der Waals surface area (Å²) in [6.07, 6.45) is 1.52. The Kier molecular flexibility index (Phi) is 5.24. The molecule has 3 aromatic carbocycles. The van der Waals surface area contributed by atoms with Crippen LogP contribution in [0.15, 0.2) is 85.2 Å². The van der Waals surface area contributed by atoms with Gasteiger partial charge in [0, 0.05) is 12.1 Å². The van der Waals surface area contributed by atoms with Gasteiger partial charge in [-0.15, -0.1) is 0 Å². The fourth-order valence-electron chi connectivity index (χ4n) is 3.12. The van der Waals surface area contributed by atoms with Crippen LogP contribution in [0.2, 0.25) is 0 Å². The van der Waals surface area contributed by atoms with E-state index >= 15 is 0 Å². The van der Waals surface area contributed by atoms with Gasteiger partial charge in [0.2, 0.25) is 0 Å². The summed E-state index contributed by atoms with van der Waals surface area (Å²) < 4.78 is 0. The first-order valence-corrected chi connectivity index (χ1v) is 9.14. The highest BCUT2D eigenvalue weighted by Crippen LogP contribution is 2.18. The van der Waals surface area contributed by atoms with Gasteiger partial charge in [0.05, 0.1) is 17.9 Å². The molecule has 0 atom stereocenters. The molecule has 0 aliphatic heterocycles. The predicted octanol–water partition coefficient (Wildman–Crippen LogP) is 4.30. The number of urea groups is 1. The van der Waals surface area contributed by atoms with Crippen LogP contribution in [-0.4, -0.2) is 16.0 Å². The first kappa shape index (κ1) is 17.7. The molecule has 2 N–H and O–H groups in total. The summed E-state index contributed by atoms with van der Waals surface area (Å²) in [7, 11) is 0. The van der Waals surface area contributed by atoms with Gasteiger partial charge in [-0.25, -0.2) is 14.8 Å². The van der Waals surface area contributed by atoms with Crippen LogP contribution in [0.3, 0.4) is 0 Å². The van der Waals surface area contributed by atoms with E-state index in [1.54, 1.807) is 0 Å². The number of carbonyl (C=O) groups excluding carboxylic acids is 1. The molecule has 0 unspecified atom stereocenters. The molecule has 0 radical (unpaired) electrons. The van der Waals surface area contributed by atoms with Gasteiger partial charge in [-0.1, -0.05) is 72.8 Å². The summed E-state index contributed by atoms with van der Waals surface area (Å²) in [5, 5.41) is 8.08. The van der Waals surface area contributed by atoms with Crippen LogP contribution >= 0.6 is 0 Å². The Morgan fingerprint density at radius 3 is 2.43 bits per heavy atom. The molecular weight excluding hydrogens is 348 g/mol. The molecule has 138 valence electrons. The van der Waals surface area contributed by atoms with Crippen LogP contribution < -0.4 is 10.6 Å². The summed E-state index contributed by atoms with van der Waals surface area (Å²) >= 11 is 0. The van der Waals surface area contributed by atoms with Gasteiger partial charge in [0.25, 0.3) is 0 Å². The van der Waals surface area contributed by atoms with Crippen molar-refractivity contribution in [2.75, 3.05) is 0 Å². The van der Waals surface area contributed by atoms with Crippen molar-refractivity contribution in [3.8, 4) is 11.3 Å². The van der Waals surface area contributed by atoms with Gasteiger partial charge < -0.3 is 10.6 Å². The zero-order chi connectivity index (χ0) is 19.2.